The van der Waals surface area contributed by atoms with Gasteiger partial charge in [-0.05, 0) is 41.5 Å². The number of carboxylic acid groups (broad SMARTS) is 1. The highest BCUT2D eigenvalue weighted by Crippen LogP contribution is 2.35. The number of hydrogen-bond donors (Lipinski definition) is 2. The fourth-order valence-corrected chi connectivity index (χ4v) is 4.82. The Hall–Kier alpha value is -4.47. The molecule has 0 radical (unpaired) electrons. The van der Waals surface area contributed by atoms with Crippen molar-refractivity contribution >= 4 is 40.8 Å². The van der Waals surface area contributed by atoms with Gasteiger partial charge in [0.25, 0.3) is 0 Å². The summed E-state index contributed by atoms with van der Waals surface area (Å²) in [7, 11) is 2.99. The van der Waals surface area contributed by atoms with E-state index in [0.29, 0.717) is 38.6 Å². The predicted molar refractivity (Wildman–Crippen MR) is 154 cm³/mol. The number of nitrogens with one attached hydrogen (secondary N) is 1. The largest absolute Gasteiger partial charge is 0.619 e. The number of methoxy groups -OCH3 is 2. The minimum absolute atomic E-state index is 0.0484. The zero-order valence-corrected chi connectivity index (χ0v) is 23.6. The average Bonchev–Trinajstić information content (AvgIpc) is 2.97. The smallest absolute Gasteiger partial charge is 0.338 e. The zero-order chi connectivity index (χ0) is 29.5. The molecule has 2 atom stereocenters. The summed E-state index contributed by atoms with van der Waals surface area (Å²) in [5.41, 5.74) is 2.12. The van der Waals surface area contributed by atoms with E-state index in [1.807, 2.05) is 0 Å². The summed E-state index contributed by atoms with van der Waals surface area (Å²) < 4.78 is 17.2. The minimum atomic E-state index is -1.08. The Bertz CT molecular complexity index is 1530. The number of carboxylic acids is 1. The number of esters is 1. The lowest BCUT2D eigenvalue weighted by Gasteiger charge is -2.21. The highest BCUT2D eigenvalue weighted by atomic mass is 35.5. The van der Waals surface area contributed by atoms with Gasteiger partial charge in [-0.3, -0.25) is 0 Å². The molecule has 0 spiro atoms. The molecule has 3 aromatic carbocycles. The number of anilines is 1. The van der Waals surface area contributed by atoms with Crippen LogP contribution >= 0.6 is 23.2 Å². The van der Waals surface area contributed by atoms with Crippen LogP contribution in [0.3, 0.4) is 0 Å². The highest BCUT2D eigenvalue weighted by Gasteiger charge is 2.25. The zero-order valence-electron chi connectivity index (χ0n) is 22.0. The van der Waals surface area contributed by atoms with E-state index in [2.05, 4.69) is 5.32 Å². The fourth-order valence-electron chi connectivity index (χ4n) is 4.22. The van der Waals surface area contributed by atoms with Gasteiger partial charge in [-0.1, -0.05) is 65.7 Å². The third-order valence-electron chi connectivity index (χ3n) is 6.27. The molecule has 11 heteroatoms. The number of halogens is 2. The molecule has 1 heterocycles. The van der Waals surface area contributed by atoms with Crippen molar-refractivity contribution in [1.82, 2.24) is 0 Å². The van der Waals surface area contributed by atoms with E-state index in [0.717, 1.165) is 12.4 Å². The van der Waals surface area contributed by atoms with Crippen LogP contribution in [0.15, 0.2) is 85.2 Å². The SMILES string of the molecule is COc1ccc([C@H](Cc2c(Cl)c[n+]([O-])cc2Cl)OC(=O)c2cccc(NC(C(=O)O)c3ccccc3)c2)cc1OC. The van der Waals surface area contributed by atoms with E-state index >= 15 is 0 Å². The average molecular weight is 597 g/mol. The molecule has 0 saturated heterocycles. The van der Waals surface area contributed by atoms with Crippen molar-refractivity contribution < 1.29 is 33.6 Å². The summed E-state index contributed by atoms with van der Waals surface area (Å²) >= 11 is 12.6. The van der Waals surface area contributed by atoms with Gasteiger partial charge < -0.3 is 29.8 Å². The Morgan fingerprint density at radius 1 is 0.902 bits per heavy atom. The molecule has 1 unspecified atom stereocenters. The van der Waals surface area contributed by atoms with Crippen LogP contribution in [0.1, 0.15) is 39.2 Å². The summed E-state index contributed by atoms with van der Waals surface area (Å²) in [5.74, 6) is -0.856. The predicted octanol–water partition coefficient (Wildman–Crippen LogP) is 6.02. The summed E-state index contributed by atoms with van der Waals surface area (Å²) in [6.45, 7) is 0. The van der Waals surface area contributed by atoms with Crippen molar-refractivity contribution in [3.05, 3.63) is 123 Å². The van der Waals surface area contributed by atoms with Gasteiger partial charge in [0.15, 0.2) is 29.9 Å². The van der Waals surface area contributed by atoms with Crippen LogP contribution in [0.25, 0.3) is 0 Å². The second kappa shape index (κ2) is 13.3. The van der Waals surface area contributed by atoms with Crippen LogP contribution in [-0.4, -0.2) is 31.3 Å². The number of benzene rings is 3. The number of hydrogen-bond acceptors (Lipinski definition) is 7. The molecule has 9 nitrogen and oxygen atoms in total. The Labute approximate surface area is 246 Å². The van der Waals surface area contributed by atoms with E-state index in [-0.39, 0.29) is 22.0 Å². The number of rotatable bonds is 11. The number of aromatic nitrogens is 1. The van der Waals surface area contributed by atoms with Crippen LogP contribution < -0.4 is 19.5 Å². The second-order valence-electron chi connectivity index (χ2n) is 8.91. The Morgan fingerprint density at radius 3 is 2.22 bits per heavy atom. The Balaban J connectivity index is 1.64. The van der Waals surface area contributed by atoms with Gasteiger partial charge >= 0.3 is 11.9 Å². The van der Waals surface area contributed by atoms with E-state index in [1.54, 1.807) is 66.7 Å². The molecule has 1 aromatic heterocycles. The van der Waals surface area contributed by atoms with Gasteiger partial charge in [-0.25, -0.2) is 9.59 Å². The lowest BCUT2D eigenvalue weighted by atomic mass is 10.0. The molecule has 0 aliphatic carbocycles. The number of nitrogens with zero attached hydrogens (tertiary/aromatic N) is 1. The summed E-state index contributed by atoms with van der Waals surface area (Å²) in [6, 6.07) is 19.1. The van der Waals surface area contributed by atoms with Crippen molar-refractivity contribution in [3.63, 3.8) is 0 Å². The van der Waals surface area contributed by atoms with E-state index < -0.39 is 24.1 Å². The van der Waals surface area contributed by atoms with Gasteiger partial charge in [0.05, 0.1) is 19.8 Å². The van der Waals surface area contributed by atoms with Crippen LogP contribution in [0.5, 0.6) is 11.5 Å². The summed E-state index contributed by atoms with van der Waals surface area (Å²) in [5, 5.41) is 24.7. The number of pyridine rings is 1. The van der Waals surface area contributed by atoms with E-state index in [4.69, 9.17) is 37.4 Å². The molecule has 0 bridgehead atoms. The van der Waals surface area contributed by atoms with Crippen molar-refractivity contribution in [2.24, 2.45) is 0 Å². The molecular formula is C30H26Cl2N2O7. The van der Waals surface area contributed by atoms with Crippen molar-refractivity contribution in [3.8, 4) is 11.5 Å². The van der Waals surface area contributed by atoms with Gasteiger partial charge in [0, 0.05) is 17.7 Å². The normalized spacial score (nSPS) is 12.2. The molecular weight excluding hydrogens is 571 g/mol. The molecule has 0 saturated carbocycles. The first-order valence-electron chi connectivity index (χ1n) is 12.3. The summed E-state index contributed by atoms with van der Waals surface area (Å²) in [6.07, 6.45) is 1.48. The van der Waals surface area contributed by atoms with E-state index in [9.17, 15) is 19.9 Å². The quantitative estimate of drug-likeness (QED) is 0.122. The van der Waals surface area contributed by atoms with Gasteiger partial charge in [-0.15, -0.1) is 0 Å². The fraction of sp³-hybridized carbons (Fsp3) is 0.167. The van der Waals surface area contributed by atoms with Crippen LogP contribution in [-0.2, 0) is 16.0 Å². The van der Waals surface area contributed by atoms with Crippen molar-refractivity contribution in [1.29, 1.82) is 0 Å². The van der Waals surface area contributed by atoms with Crippen LogP contribution in [0.4, 0.5) is 5.69 Å². The molecule has 4 rings (SSSR count). The molecule has 2 N–H and O–H groups in total. The molecule has 0 amide bonds. The molecule has 4 aromatic rings. The lowest BCUT2D eigenvalue weighted by molar-refractivity contribution is -0.605. The number of ether oxygens (including phenoxy) is 3. The van der Waals surface area contributed by atoms with Crippen molar-refractivity contribution in [2.45, 2.75) is 18.6 Å². The minimum Gasteiger partial charge on any atom is -0.619 e. The molecule has 0 fully saturated rings. The second-order valence-corrected chi connectivity index (χ2v) is 9.73. The first kappa shape index (κ1) is 29.5. The van der Waals surface area contributed by atoms with E-state index in [1.165, 1.54) is 20.3 Å². The maximum atomic E-state index is 13.4. The Morgan fingerprint density at radius 2 is 1.59 bits per heavy atom. The lowest BCUT2D eigenvalue weighted by Crippen LogP contribution is -2.25. The monoisotopic (exact) mass is 596 g/mol. The number of carbonyl (C=O) groups excluding carboxylic acids is 1. The molecule has 0 aliphatic heterocycles. The Kier molecular flexibility index (Phi) is 9.54. The van der Waals surface area contributed by atoms with Gasteiger partial charge in [0.2, 0.25) is 0 Å². The first-order chi connectivity index (χ1) is 19.7. The summed E-state index contributed by atoms with van der Waals surface area (Å²) in [4.78, 5) is 25.4. The number of carbonyl (C=O) groups is 2. The molecule has 0 aliphatic rings. The standard InChI is InChI=1S/C30H26Cl2N2O7/c1-39-25-12-11-19(14-27(25)40-2)26(15-22-23(31)16-34(38)17-24(22)32)41-30(37)20-9-6-10-21(13-20)33-28(29(35)36)18-7-4-3-5-8-18/h3-14,16-17,26,28,33H,15H2,1-2H3,(H,35,36)/t26-,28?/m0/s1. The molecule has 212 valence electrons. The first-order valence-corrected chi connectivity index (χ1v) is 13.1. The van der Waals surface area contributed by atoms with Crippen LogP contribution in [0, 0.1) is 5.21 Å². The maximum absolute atomic E-state index is 13.4. The topological polar surface area (TPSA) is 121 Å². The highest BCUT2D eigenvalue weighted by molar-refractivity contribution is 6.35. The maximum Gasteiger partial charge on any atom is 0.338 e. The third kappa shape index (κ3) is 7.19. The van der Waals surface area contributed by atoms with Crippen LogP contribution in [0.2, 0.25) is 10.0 Å². The van der Waals surface area contributed by atoms with Gasteiger partial charge in [0.1, 0.15) is 16.1 Å². The molecule has 41 heavy (non-hydrogen) atoms. The van der Waals surface area contributed by atoms with Crippen molar-refractivity contribution in [2.75, 3.05) is 19.5 Å². The number of aliphatic carboxylic acids is 1. The third-order valence-corrected chi connectivity index (χ3v) is 6.92. The van der Waals surface area contributed by atoms with Gasteiger partial charge in [-0.2, -0.15) is 4.73 Å².